The van der Waals surface area contributed by atoms with E-state index >= 15 is 0 Å². The van der Waals surface area contributed by atoms with E-state index in [0.29, 0.717) is 11.4 Å². The molecule has 7 heteroatoms. The molecule has 7 nitrogen and oxygen atoms in total. The molecule has 0 saturated heterocycles. The lowest BCUT2D eigenvalue weighted by Gasteiger charge is -2.12. The summed E-state index contributed by atoms with van der Waals surface area (Å²) in [5.74, 6) is 2.12. The first kappa shape index (κ1) is 21.2. The Morgan fingerprint density at radius 2 is 1.44 bits per heavy atom. The Balaban J connectivity index is 1.73. The van der Waals surface area contributed by atoms with E-state index in [9.17, 15) is 10.1 Å². The number of nitrogens with zero attached hydrogens (tertiary/aromatic N) is 2. The highest BCUT2D eigenvalue weighted by Crippen LogP contribution is 2.39. The van der Waals surface area contributed by atoms with E-state index in [1.165, 1.54) is 12.1 Å². The number of ether oxygens (including phenoxy) is 2. The van der Waals surface area contributed by atoms with Crippen molar-refractivity contribution in [3.05, 3.63) is 95.0 Å². The molecule has 0 spiro atoms. The van der Waals surface area contributed by atoms with Gasteiger partial charge in [-0.2, -0.15) is 0 Å². The number of aromatic amines is 1. The van der Waals surface area contributed by atoms with Crippen molar-refractivity contribution in [1.29, 1.82) is 0 Å². The highest BCUT2D eigenvalue weighted by molar-refractivity contribution is 6.02. The summed E-state index contributed by atoms with van der Waals surface area (Å²) >= 11 is 0. The van der Waals surface area contributed by atoms with E-state index in [-0.39, 0.29) is 5.69 Å². The van der Waals surface area contributed by atoms with Gasteiger partial charge in [0.25, 0.3) is 5.69 Å². The van der Waals surface area contributed by atoms with Crippen LogP contribution in [0.3, 0.4) is 0 Å². The maximum Gasteiger partial charge on any atom is 0.270 e. The molecule has 0 fully saturated rings. The molecule has 0 unspecified atom stereocenters. The number of fused-ring (bicyclic) bond motifs is 1. The second-order valence-electron chi connectivity index (χ2n) is 7.73. The molecule has 0 aliphatic rings. The molecule has 1 heterocycles. The fourth-order valence-corrected chi connectivity index (χ4v) is 4.04. The third kappa shape index (κ3) is 3.84. The van der Waals surface area contributed by atoms with Gasteiger partial charge in [0.2, 0.25) is 0 Å². The molecule has 0 atom stereocenters. The van der Waals surface area contributed by atoms with Gasteiger partial charge in [-0.05, 0) is 47.0 Å². The van der Waals surface area contributed by atoms with Crippen LogP contribution in [0.25, 0.3) is 44.7 Å². The van der Waals surface area contributed by atoms with Crippen LogP contribution in [0.1, 0.15) is 0 Å². The molecule has 34 heavy (non-hydrogen) atoms. The standard InChI is InChI=1S/C27H21N3O4/c1-33-21-10-6-17(7-11-21)23-14-15-24-26(25(23)18-8-12-22(34-2)13-9-18)29-27(28-24)19-4-3-5-20(16-19)30(31)32/h3-16H,1-2H3,(H,28,29). The fourth-order valence-electron chi connectivity index (χ4n) is 4.04. The highest BCUT2D eigenvalue weighted by atomic mass is 16.6. The molecular weight excluding hydrogens is 430 g/mol. The fraction of sp³-hybridized carbons (Fsp3) is 0.0741. The second kappa shape index (κ2) is 8.71. The Labute approximate surface area is 195 Å². The molecule has 5 rings (SSSR count). The number of non-ortho nitro benzene ring substituents is 1. The van der Waals surface area contributed by atoms with Gasteiger partial charge in [0, 0.05) is 23.3 Å². The third-order valence-corrected chi connectivity index (χ3v) is 5.76. The summed E-state index contributed by atoms with van der Waals surface area (Å²) in [7, 11) is 3.28. The molecule has 0 amide bonds. The number of hydrogen-bond acceptors (Lipinski definition) is 5. The number of hydrogen-bond donors (Lipinski definition) is 1. The van der Waals surface area contributed by atoms with E-state index in [1.807, 2.05) is 60.7 Å². The van der Waals surface area contributed by atoms with Crippen molar-refractivity contribution in [1.82, 2.24) is 9.97 Å². The summed E-state index contributed by atoms with van der Waals surface area (Å²) in [6.07, 6.45) is 0. The molecule has 5 aromatic rings. The van der Waals surface area contributed by atoms with Gasteiger partial charge in [0.15, 0.2) is 0 Å². The first-order valence-corrected chi connectivity index (χ1v) is 10.6. The maximum atomic E-state index is 11.3. The van der Waals surface area contributed by atoms with Crippen LogP contribution in [0, 0.1) is 10.1 Å². The Hall–Kier alpha value is -4.65. The summed E-state index contributed by atoms with van der Waals surface area (Å²) in [6.45, 7) is 0. The monoisotopic (exact) mass is 451 g/mol. The second-order valence-corrected chi connectivity index (χ2v) is 7.73. The number of nitrogens with one attached hydrogen (secondary N) is 1. The van der Waals surface area contributed by atoms with Crippen LogP contribution in [0.15, 0.2) is 84.9 Å². The molecule has 168 valence electrons. The average Bonchev–Trinajstić information content (AvgIpc) is 3.33. The normalized spacial score (nSPS) is 10.9. The lowest BCUT2D eigenvalue weighted by atomic mass is 9.93. The van der Waals surface area contributed by atoms with Crippen molar-refractivity contribution in [3.8, 4) is 45.1 Å². The summed E-state index contributed by atoms with van der Waals surface area (Å²) in [5.41, 5.74) is 6.26. The quantitative estimate of drug-likeness (QED) is 0.235. The Bertz CT molecular complexity index is 1490. The lowest BCUT2D eigenvalue weighted by molar-refractivity contribution is -0.384. The van der Waals surface area contributed by atoms with Gasteiger partial charge in [0.05, 0.1) is 30.2 Å². The average molecular weight is 451 g/mol. The van der Waals surface area contributed by atoms with Gasteiger partial charge < -0.3 is 14.5 Å². The van der Waals surface area contributed by atoms with Gasteiger partial charge in [-0.1, -0.05) is 42.5 Å². The van der Waals surface area contributed by atoms with Crippen molar-refractivity contribution in [2.45, 2.75) is 0 Å². The Kier molecular flexibility index (Phi) is 5.43. The molecule has 0 aliphatic heterocycles. The first-order chi connectivity index (χ1) is 16.6. The number of H-pyrrole nitrogens is 1. The molecule has 0 saturated carbocycles. The van der Waals surface area contributed by atoms with Gasteiger partial charge >= 0.3 is 0 Å². The third-order valence-electron chi connectivity index (χ3n) is 5.76. The van der Waals surface area contributed by atoms with Crippen LogP contribution < -0.4 is 9.47 Å². The van der Waals surface area contributed by atoms with Gasteiger partial charge in [-0.15, -0.1) is 0 Å². The number of imidazole rings is 1. The van der Waals surface area contributed by atoms with Crippen molar-refractivity contribution < 1.29 is 14.4 Å². The van der Waals surface area contributed by atoms with E-state index < -0.39 is 4.92 Å². The zero-order valence-electron chi connectivity index (χ0n) is 18.6. The van der Waals surface area contributed by atoms with Gasteiger partial charge in [0.1, 0.15) is 17.3 Å². The first-order valence-electron chi connectivity index (χ1n) is 10.6. The van der Waals surface area contributed by atoms with Crippen LogP contribution in [-0.2, 0) is 0 Å². The predicted octanol–water partition coefficient (Wildman–Crippen LogP) is 6.49. The summed E-state index contributed by atoms with van der Waals surface area (Å²) in [4.78, 5) is 19.1. The Morgan fingerprint density at radius 3 is 2.06 bits per heavy atom. The molecule has 1 N–H and O–H groups in total. The van der Waals surface area contributed by atoms with Crippen molar-refractivity contribution in [3.63, 3.8) is 0 Å². The number of nitro groups is 1. The van der Waals surface area contributed by atoms with Crippen LogP contribution in [-0.4, -0.2) is 29.1 Å². The van der Waals surface area contributed by atoms with Crippen molar-refractivity contribution in [2.24, 2.45) is 0 Å². The smallest absolute Gasteiger partial charge is 0.270 e. The molecular formula is C27H21N3O4. The van der Waals surface area contributed by atoms with E-state index in [1.54, 1.807) is 20.3 Å². The number of aromatic nitrogens is 2. The van der Waals surface area contributed by atoms with Gasteiger partial charge in [-0.3, -0.25) is 10.1 Å². The molecule has 0 aliphatic carbocycles. The zero-order valence-corrected chi connectivity index (χ0v) is 18.6. The maximum absolute atomic E-state index is 11.3. The Morgan fingerprint density at radius 1 is 0.794 bits per heavy atom. The van der Waals surface area contributed by atoms with Gasteiger partial charge in [-0.25, -0.2) is 4.98 Å². The summed E-state index contributed by atoms with van der Waals surface area (Å²) < 4.78 is 10.6. The van der Waals surface area contributed by atoms with Crippen LogP contribution >= 0.6 is 0 Å². The molecule has 0 radical (unpaired) electrons. The predicted molar refractivity (Wildman–Crippen MR) is 132 cm³/mol. The number of rotatable bonds is 6. The minimum Gasteiger partial charge on any atom is -0.497 e. The SMILES string of the molecule is COc1ccc(-c2ccc3[nH]c(-c4cccc([N+](=O)[O-])c4)nc3c2-c2ccc(OC)cc2)cc1. The van der Waals surface area contributed by atoms with E-state index in [0.717, 1.165) is 44.8 Å². The minimum absolute atomic E-state index is 0.0206. The number of nitro benzene ring substituents is 1. The van der Waals surface area contributed by atoms with Crippen molar-refractivity contribution >= 4 is 16.7 Å². The highest BCUT2D eigenvalue weighted by Gasteiger charge is 2.17. The molecule has 4 aromatic carbocycles. The minimum atomic E-state index is -0.406. The summed E-state index contributed by atoms with van der Waals surface area (Å²) in [5, 5.41) is 11.3. The van der Waals surface area contributed by atoms with Crippen LogP contribution in [0.2, 0.25) is 0 Å². The molecule has 0 bridgehead atoms. The largest absolute Gasteiger partial charge is 0.497 e. The number of methoxy groups -OCH3 is 2. The zero-order chi connectivity index (χ0) is 23.7. The summed E-state index contributed by atoms with van der Waals surface area (Å²) in [6, 6.07) is 26.2. The topological polar surface area (TPSA) is 90.3 Å². The van der Waals surface area contributed by atoms with Crippen LogP contribution in [0.4, 0.5) is 5.69 Å². The van der Waals surface area contributed by atoms with E-state index in [4.69, 9.17) is 14.5 Å². The lowest BCUT2D eigenvalue weighted by Crippen LogP contribution is -1.90. The molecule has 1 aromatic heterocycles. The number of benzene rings is 4. The van der Waals surface area contributed by atoms with Crippen LogP contribution in [0.5, 0.6) is 11.5 Å². The van der Waals surface area contributed by atoms with Crippen molar-refractivity contribution in [2.75, 3.05) is 14.2 Å². The van der Waals surface area contributed by atoms with E-state index in [2.05, 4.69) is 11.1 Å².